The Bertz CT molecular complexity index is 798. The van der Waals surface area contributed by atoms with Gasteiger partial charge in [-0.3, -0.25) is 0 Å². The summed E-state index contributed by atoms with van der Waals surface area (Å²) in [5.74, 6) is 0. The van der Waals surface area contributed by atoms with Gasteiger partial charge in [-0.25, -0.2) is 13.1 Å². The van der Waals surface area contributed by atoms with E-state index in [-0.39, 0.29) is 6.04 Å². The molecule has 1 atom stereocenters. The molecule has 1 aliphatic carbocycles. The molecule has 0 saturated carbocycles. The molecule has 2 aromatic carbocycles. The average molecular weight is 348 g/mol. The first-order chi connectivity index (χ1) is 11.0. The van der Waals surface area contributed by atoms with E-state index in [4.69, 9.17) is 0 Å². The van der Waals surface area contributed by atoms with Crippen molar-refractivity contribution in [3.63, 3.8) is 0 Å². The second kappa shape index (κ2) is 6.67. The molecule has 0 amide bonds. The van der Waals surface area contributed by atoms with Crippen LogP contribution in [0.1, 0.15) is 36.1 Å². The van der Waals surface area contributed by atoms with E-state index in [1.54, 1.807) is 23.9 Å². The Balaban J connectivity index is 1.79. The Hall–Kier alpha value is -1.30. The first-order valence-corrected chi connectivity index (χ1v) is 10.5. The molecule has 0 fully saturated rings. The SMILES string of the molecule is CSc1ccc(S(=O)(=O)NC(C)c2ccc3c(c2)CCC3)cc1. The van der Waals surface area contributed by atoms with E-state index in [0.29, 0.717) is 4.90 Å². The van der Waals surface area contributed by atoms with Crippen LogP contribution in [0.25, 0.3) is 0 Å². The number of aryl methyl sites for hydroxylation is 2. The Kier molecular flexibility index (Phi) is 4.80. The molecule has 1 N–H and O–H groups in total. The molecule has 0 aliphatic heterocycles. The number of thioether (sulfide) groups is 1. The van der Waals surface area contributed by atoms with Crippen molar-refractivity contribution in [1.29, 1.82) is 0 Å². The summed E-state index contributed by atoms with van der Waals surface area (Å²) in [6.07, 6.45) is 5.40. The van der Waals surface area contributed by atoms with Crippen LogP contribution in [-0.2, 0) is 22.9 Å². The Morgan fingerprint density at radius 1 is 1.04 bits per heavy atom. The van der Waals surface area contributed by atoms with Crippen molar-refractivity contribution < 1.29 is 8.42 Å². The van der Waals surface area contributed by atoms with Crippen molar-refractivity contribution in [2.24, 2.45) is 0 Å². The summed E-state index contributed by atoms with van der Waals surface area (Å²) in [7, 11) is -3.51. The first-order valence-electron chi connectivity index (χ1n) is 7.78. The van der Waals surface area contributed by atoms with E-state index in [1.165, 1.54) is 17.5 Å². The van der Waals surface area contributed by atoms with Crippen molar-refractivity contribution in [3.05, 3.63) is 59.2 Å². The molecule has 0 radical (unpaired) electrons. The van der Waals surface area contributed by atoms with Crippen LogP contribution in [-0.4, -0.2) is 14.7 Å². The highest BCUT2D eigenvalue weighted by Crippen LogP contribution is 2.26. The third-order valence-electron chi connectivity index (χ3n) is 4.32. The molecule has 0 heterocycles. The van der Waals surface area contributed by atoms with Crippen LogP contribution >= 0.6 is 11.8 Å². The Morgan fingerprint density at radius 2 is 1.74 bits per heavy atom. The fraction of sp³-hybridized carbons (Fsp3) is 0.333. The number of benzene rings is 2. The number of sulfonamides is 1. The fourth-order valence-corrected chi connectivity index (χ4v) is 4.63. The number of hydrogen-bond donors (Lipinski definition) is 1. The van der Waals surface area contributed by atoms with Crippen molar-refractivity contribution in [2.75, 3.05) is 6.26 Å². The maximum Gasteiger partial charge on any atom is 0.241 e. The molecule has 5 heteroatoms. The van der Waals surface area contributed by atoms with Crippen molar-refractivity contribution in [3.8, 4) is 0 Å². The van der Waals surface area contributed by atoms with Crippen LogP contribution in [0.2, 0.25) is 0 Å². The molecule has 0 aromatic heterocycles. The van der Waals surface area contributed by atoms with Crippen LogP contribution in [0.5, 0.6) is 0 Å². The average Bonchev–Trinajstić information content (AvgIpc) is 3.02. The molecule has 3 rings (SSSR count). The molecule has 1 unspecified atom stereocenters. The molecule has 0 bridgehead atoms. The number of fused-ring (bicyclic) bond motifs is 1. The van der Waals surface area contributed by atoms with Gasteiger partial charge in [0.05, 0.1) is 4.90 Å². The molecule has 0 saturated heterocycles. The van der Waals surface area contributed by atoms with Gasteiger partial charge in [0.1, 0.15) is 0 Å². The van der Waals surface area contributed by atoms with E-state index in [9.17, 15) is 8.42 Å². The largest absolute Gasteiger partial charge is 0.241 e. The van der Waals surface area contributed by atoms with Crippen LogP contribution in [0.3, 0.4) is 0 Å². The van der Waals surface area contributed by atoms with E-state index in [2.05, 4.69) is 16.9 Å². The molecule has 1 aliphatic rings. The van der Waals surface area contributed by atoms with Crippen LogP contribution in [0, 0.1) is 0 Å². The standard InChI is InChI=1S/C18H21NO2S2/c1-13(15-7-6-14-4-3-5-16(14)12-15)19-23(20,21)18-10-8-17(22-2)9-11-18/h6-13,19H,3-5H2,1-2H3. The lowest BCUT2D eigenvalue weighted by atomic mass is 10.0. The maximum absolute atomic E-state index is 12.5. The zero-order valence-corrected chi connectivity index (χ0v) is 15.0. The summed E-state index contributed by atoms with van der Waals surface area (Å²) in [5.41, 5.74) is 3.78. The van der Waals surface area contributed by atoms with Crippen molar-refractivity contribution in [2.45, 2.75) is 42.0 Å². The fourth-order valence-electron chi connectivity index (χ4n) is 2.98. The second-order valence-electron chi connectivity index (χ2n) is 5.90. The smallest absolute Gasteiger partial charge is 0.207 e. The molecule has 23 heavy (non-hydrogen) atoms. The lowest BCUT2D eigenvalue weighted by molar-refractivity contribution is 0.567. The summed E-state index contributed by atoms with van der Waals surface area (Å²) < 4.78 is 27.8. The van der Waals surface area contributed by atoms with E-state index in [1.807, 2.05) is 31.4 Å². The lowest BCUT2D eigenvalue weighted by Crippen LogP contribution is -2.27. The summed E-state index contributed by atoms with van der Waals surface area (Å²) in [6.45, 7) is 1.89. The van der Waals surface area contributed by atoms with Gasteiger partial charge in [0.15, 0.2) is 0 Å². The lowest BCUT2D eigenvalue weighted by Gasteiger charge is -2.16. The molecule has 0 spiro atoms. The number of rotatable bonds is 5. The minimum atomic E-state index is -3.51. The van der Waals surface area contributed by atoms with Crippen LogP contribution in [0.4, 0.5) is 0 Å². The highest BCUT2D eigenvalue weighted by Gasteiger charge is 2.20. The molecular weight excluding hydrogens is 326 g/mol. The van der Waals surface area contributed by atoms with Gasteiger partial charge >= 0.3 is 0 Å². The Labute approximate surface area is 142 Å². The topological polar surface area (TPSA) is 46.2 Å². The summed E-state index contributed by atoms with van der Waals surface area (Å²) in [5, 5.41) is 0. The highest BCUT2D eigenvalue weighted by atomic mass is 32.2. The maximum atomic E-state index is 12.5. The molecule has 122 valence electrons. The molecule has 2 aromatic rings. The van der Waals surface area contributed by atoms with Crippen LogP contribution in [0.15, 0.2) is 52.3 Å². The van der Waals surface area contributed by atoms with Gasteiger partial charge < -0.3 is 0 Å². The minimum Gasteiger partial charge on any atom is -0.207 e. The van der Waals surface area contributed by atoms with Gasteiger partial charge in [0.2, 0.25) is 10.0 Å². The second-order valence-corrected chi connectivity index (χ2v) is 8.49. The highest BCUT2D eigenvalue weighted by molar-refractivity contribution is 7.98. The summed E-state index contributed by atoms with van der Waals surface area (Å²) in [6, 6.07) is 13.0. The third-order valence-corrected chi connectivity index (χ3v) is 6.62. The molecule has 3 nitrogen and oxygen atoms in total. The monoisotopic (exact) mass is 347 g/mol. The van der Waals surface area contributed by atoms with Gasteiger partial charge in [0, 0.05) is 10.9 Å². The minimum absolute atomic E-state index is 0.244. The number of nitrogens with one attached hydrogen (secondary N) is 1. The Morgan fingerprint density at radius 3 is 2.43 bits per heavy atom. The van der Waals surface area contributed by atoms with E-state index in [0.717, 1.165) is 23.3 Å². The quantitative estimate of drug-likeness (QED) is 0.834. The van der Waals surface area contributed by atoms with Crippen molar-refractivity contribution in [1.82, 2.24) is 4.72 Å². The van der Waals surface area contributed by atoms with Gasteiger partial charge in [-0.1, -0.05) is 18.2 Å². The number of hydrogen-bond acceptors (Lipinski definition) is 3. The predicted octanol–water partition coefficient (Wildman–Crippen LogP) is 3.94. The third kappa shape index (κ3) is 3.62. The summed E-state index contributed by atoms with van der Waals surface area (Å²) in [4.78, 5) is 1.36. The van der Waals surface area contributed by atoms with Gasteiger partial charge in [0.25, 0.3) is 0 Å². The normalized spacial score (nSPS) is 15.4. The van der Waals surface area contributed by atoms with E-state index < -0.39 is 10.0 Å². The summed E-state index contributed by atoms with van der Waals surface area (Å²) >= 11 is 1.59. The van der Waals surface area contributed by atoms with E-state index >= 15 is 0 Å². The first kappa shape index (κ1) is 16.6. The van der Waals surface area contributed by atoms with Crippen molar-refractivity contribution >= 4 is 21.8 Å². The zero-order valence-electron chi connectivity index (χ0n) is 13.4. The predicted molar refractivity (Wildman–Crippen MR) is 95.4 cm³/mol. The molecular formula is C18H21NO2S2. The van der Waals surface area contributed by atoms with Gasteiger partial charge in [-0.15, -0.1) is 11.8 Å². The zero-order chi connectivity index (χ0) is 16.4. The van der Waals surface area contributed by atoms with Crippen LogP contribution < -0.4 is 4.72 Å². The van der Waals surface area contributed by atoms with Gasteiger partial charge in [-0.2, -0.15) is 0 Å². The van der Waals surface area contributed by atoms with Gasteiger partial charge in [-0.05, 0) is 73.4 Å².